The fourth-order valence-electron chi connectivity index (χ4n) is 2.24. The lowest BCUT2D eigenvalue weighted by Crippen LogP contribution is -2.47. The molecule has 0 atom stereocenters. The van der Waals surface area contributed by atoms with Gasteiger partial charge < -0.3 is 5.11 Å². The normalized spacial score (nSPS) is 11.6. The number of carbonyl (C=O) groups excluding carboxylic acids is 1. The summed E-state index contributed by atoms with van der Waals surface area (Å²) in [5, 5.41) is 20.8. The first-order valence-electron chi connectivity index (χ1n) is 7.67. The Labute approximate surface area is 167 Å². The predicted molar refractivity (Wildman–Crippen MR) is 102 cm³/mol. The molecule has 3 rings (SSSR count). The average molecular weight is 478 g/mol. The van der Waals surface area contributed by atoms with E-state index in [1.165, 1.54) is 4.79 Å². The van der Waals surface area contributed by atoms with Crippen molar-refractivity contribution < 1.29 is 14.7 Å². The lowest BCUT2D eigenvalue weighted by atomic mass is 10.2. The molecule has 0 radical (unpaired) electrons. The van der Waals surface area contributed by atoms with Crippen LogP contribution in [0.3, 0.4) is 0 Å². The summed E-state index contributed by atoms with van der Waals surface area (Å²) < 4.78 is 1.73. The molecule has 6 nitrogen and oxygen atoms in total. The quantitative estimate of drug-likeness (QED) is 0.330. The van der Waals surface area contributed by atoms with Crippen LogP contribution in [0.25, 0.3) is 0 Å². The molecule has 132 valence electrons. The Balaban J connectivity index is 2.05. The second kappa shape index (κ2) is 7.51. The number of halogens is 2. The van der Waals surface area contributed by atoms with Gasteiger partial charge >= 0.3 is 5.91 Å². The highest BCUT2D eigenvalue weighted by Crippen LogP contribution is 2.12. The molecule has 0 aliphatic heterocycles. The number of aromatic nitrogens is 3. The first-order chi connectivity index (χ1) is 12.4. The Morgan fingerprint density at radius 2 is 1.50 bits per heavy atom. The maximum Gasteiger partial charge on any atom is 0.339 e. The number of hydrogen-bond acceptors (Lipinski definition) is 4. The van der Waals surface area contributed by atoms with Gasteiger partial charge in [0.05, 0.1) is 9.90 Å². The molecule has 0 N–H and O–H groups in total. The zero-order chi connectivity index (χ0) is 18.8. The first-order valence-corrected chi connectivity index (χ1v) is 9.26. The van der Waals surface area contributed by atoms with Crippen molar-refractivity contribution in [2.24, 2.45) is 5.10 Å². The van der Waals surface area contributed by atoms with Crippen LogP contribution in [0.5, 0.6) is 0 Å². The molecule has 3 aromatic rings. The predicted octanol–water partition coefficient (Wildman–Crippen LogP) is 2.57. The van der Waals surface area contributed by atoms with Crippen LogP contribution in [0.1, 0.15) is 27.3 Å². The number of hydrogen-bond donors (Lipinski definition) is 0. The molecule has 26 heavy (non-hydrogen) atoms. The average Bonchev–Trinajstić information content (AvgIpc) is 2.90. The third-order valence-corrected chi connectivity index (χ3v) is 4.85. The largest absolute Gasteiger partial charge is 0.856 e. The highest BCUT2D eigenvalue weighted by molar-refractivity contribution is 9.10. The number of nitrogens with zero attached hydrogens (tertiary/aromatic N) is 4. The van der Waals surface area contributed by atoms with Gasteiger partial charge in [-0.05, 0) is 46.8 Å². The topological polar surface area (TPSA) is 74.2 Å². The Morgan fingerprint density at radius 1 is 1.00 bits per heavy atom. The summed E-state index contributed by atoms with van der Waals surface area (Å²) in [7, 11) is 0. The van der Waals surface area contributed by atoms with Gasteiger partial charge in [-0.15, -0.1) is 0 Å². The summed E-state index contributed by atoms with van der Waals surface area (Å²) in [4.78, 5) is 15.1. The van der Waals surface area contributed by atoms with Crippen molar-refractivity contribution >= 4 is 43.7 Å². The van der Waals surface area contributed by atoms with Crippen LogP contribution < -0.4 is 9.90 Å². The smallest absolute Gasteiger partial charge is 0.339 e. The fourth-order valence-corrected chi connectivity index (χ4v) is 2.77. The second-order valence-corrected chi connectivity index (χ2v) is 7.41. The van der Waals surface area contributed by atoms with E-state index in [2.05, 4.69) is 42.1 Å². The van der Waals surface area contributed by atoms with Gasteiger partial charge in [0.2, 0.25) is 11.4 Å². The van der Waals surface area contributed by atoms with E-state index >= 15 is 0 Å². The summed E-state index contributed by atoms with van der Waals surface area (Å²) in [5.74, 6) is -0.837. The minimum absolute atomic E-state index is 0.374. The number of benzene rings is 2. The van der Waals surface area contributed by atoms with Crippen molar-refractivity contribution in [1.82, 2.24) is 9.90 Å². The monoisotopic (exact) mass is 476 g/mol. The minimum Gasteiger partial charge on any atom is -0.856 e. The standard InChI is InChI=1S/C18H14Br2N4O2/c1-11-12(2)23(22-17(25)13-3-7-15(19)8-4-13)24(21-11)18(26)14-5-9-16(20)10-6-14/h3-10H,1-2H3. The molecule has 1 heterocycles. The summed E-state index contributed by atoms with van der Waals surface area (Å²) in [6.07, 6.45) is 0. The summed E-state index contributed by atoms with van der Waals surface area (Å²) in [5.41, 5.74) is 2.08. The fraction of sp³-hybridized carbons (Fsp3) is 0.111. The van der Waals surface area contributed by atoms with Crippen LogP contribution in [0, 0.1) is 13.8 Å². The summed E-state index contributed by atoms with van der Waals surface area (Å²) >= 11 is 6.67. The van der Waals surface area contributed by atoms with E-state index in [4.69, 9.17) is 0 Å². The Kier molecular flexibility index (Phi) is 5.33. The second-order valence-electron chi connectivity index (χ2n) is 5.57. The molecule has 0 saturated heterocycles. The lowest BCUT2D eigenvalue weighted by Gasteiger charge is -2.08. The molecule has 1 aromatic heterocycles. The van der Waals surface area contributed by atoms with Crippen LogP contribution in [0.15, 0.2) is 62.6 Å². The third-order valence-electron chi connectivity index (χ3n) is 3.80. The molecule has 0 aliphatic rings. The van der Waals surface area contributed by atoms with E-state index in [9.17, 15) is 9.90 Å². The van der Waals surface area contributed by atoms with Crippen LogP contribution in [-0.2, 0) is 0 Å². The van der Waals surface area contributed by atoms with Gasteiger partial charge in [-0.1, -0.05) is 49.1 Å². The van der Waals surface area contributed by atoms with Crippen molar-refractivity contribution in [3.8, 4) is 0 Å². The molecule has 0 spiro atoms. The zero-order valence-electron chi connectivity index (χ0n) is 14.0. The van der Waals surface area contributed by atoms with E-state index in [1.54, 1.807) is 62.4 Å². The van der Waals surface area contributed by atoms with Crippen molar-refractivity contribution in [1.29, 1.82) is 0 Å². The van der Waals surface area contributed by atoms with E-state index < -0.39 is 5.90 Å². The van der Waals surface area contributed by atoms with E-state index in [0.717, 1.165) is 13.7 Å². The van der Waals surface area contributed by atoms with Crippen molar-refractivity contribution in [2.75, 3.05) is 0 Å². The number of carbonyl (C=O) groups is 1. The molecule has 0 unspecified atom stereocenters. The minimum atomic E-state index is -0.463. The van der Waals surface area contributed by atoms with E-state index in [0.29, 0.717) is 22.5 Å². The maximum absolute atomic E-state index is 12.8. The highest BCUT2D eigenvalue weighted by atomic mass is 79.9. The third kappa shape index (κ3) is 3.76. The van der Waals surface area contributed by atoms with Gasteiger partial charge in [0.1, 0.15) is 0 Å². The lowest BCUT2D eigenvalue weighted by molar-refractivity contribution is -0.759. The van der Waals surface area contributed by atoms with Crippen LogP contribution in [-0.4, -0.2) is 21.7 Å². The van der Waals surface area contributed by atoms with Gasteiger partial charge in [-0.3, -0.25) is 4.79 Å². The molecule has 2 aromatic carbocycles. The van der Waals surface area contributed by atoms with Crippen LogP contribution in [0.4, 0.5) is 0 Å². The van der Waals surface area contributed by atoms with Gasteiger partial charge in [0.15, 0.2) is 0 Å². The Hall–Kier alpha value is -2.32. The summed E-state index contributed by atoms with van der Waals surface area (Å²) in [6, 6.07) is 13.7. The van der Waals surface area contributed by atoms with Crippen LogP contribution >= 0.6 is 31.9 Å². The highest BCUT2D eigenvalue weighted by Gasteiger charge is 2.26. The molecule has 0 amide bonds. The van der Waals surface area contributed by atoms with Crippen LogP contribution in [0.2, 0.25) is 0 Å². The van der Waals surface area contributed by atoms with E-state index in [-0.39, 0.29) is 5.91 Å². The molecular formula is C18H14Br2N4O2. The first kappa shape index (κ1) is 18.5. The SMILES string of the molecule is Cc1nn(C(=O)c2ccc(Br)cc2)[n+](N=C([O-])c2ccc(Br)cc2)c1C. The van der Waals surface area contributed by atoms with Gasteiger partial charge in [0.25, 0.3) is 0 Å². The van der Waals surface area contributed by atoms with Gasteiger partial charge in [-0.25, -0.2) is 0 Å². The van der Waals surface area contributed by atoms with Gasteiger partial charge in [0, 0.05) is 34.3 Å². The van der Waals surface area contributed by atoms with Crippen molar-refractivity contribution in [3.05, 3.63) is 80.0 Å². The van der Waals surface area contributed by atoms with Crippen molar-refractivity contribution in [3.63, 3.8) is 0 Å². The van der Waals surface area contributed by atoms with Crippen molar-refractivity contribution in [2.45, 2.75) is 13.8 Å². The number of rotatable bonds is 3. The number of aryl methyl sites for hydroxylation is 1. The molecular weight excluding hydrogens is 464 g/mol. The van der Waals surface area contributed by atoms with E-state index in [1.807, 2.05) is 0 Å². The molecule has 0 bridgehead atoms. The Morgan fingerprint density at radius 3 is 2.04 bits per heavy atom. The Bertz CT molecular complexity index is 993. The zero-order valence-corrected chi connectivity index (χ0v) is 17.2. The molecule has 0 saturated carbocycles. The maximum atomic E-state index is 12.8. The summed E-state index contributed by atoms with van der Waals surface area (Å²) in [6.45, 7) is 3.52. The molecule has 0 aliphatic carbocycles. The molecule has 8 heteroatoms. The molecule has 0 fully saturated rings. The van der Waals surface area contributed by atoms with Gasteiger partial charge in [-0.2, -0.15) is 0 Å².